The normalized spacial score (nSPS) is 10.7. The minimum Gasteiger partial charge on any atom is -0.507 e. The molecule has 0 spiro atoms. The van der Waals surface area contributed by atoms with E-state index in [9.17, 15) is 9.50 Å². The summed E-state index contributed by atoms with van der Waals surface area (Å²) >= 11 is 0. The Morgan fingerprint density at radius 2 is 1.46 bits per heavy atom. The number of benzene rings is 2. The molecule has 0 fully saturated rings. The fourth-order valence-electron chi connectivity index (χ4n) is 2.91. The fraction of sp³-hybridized carbons (Fsp3) is 0. The Bertz CT molecular complexity index is 1050. The SMILES string of the molecule is Oc1ccccc1-c1nnc(F)c(-c2ccccn2)c1-c1ccccc1. The van der Waals surface area contributed by atoms with E-state index in [1.807, 2.05) is 30.3 Å². The van der Waals surface area contributed by atoms with E-state index in [1.165, 1.54) is 0 Å². The van der Waals surface area contributed by atoms with Gasteiger partial charge in [0.05, 0.1) is 11.3 Å². The molecule has 0 saturated heterocycles. The van der Waals surface area contributed by atoms with Gasteiger partial charge in [-0.15, -0.1) is 10.2 Å². The van der Waals surface area contributed by atoms with E-state index < -0.39 is 5.95 Å². The summed E-state index contributed by atoms with van der Waals surface area (Å²) in [5, 5.41) is 18.0. The Hall–Kier alpha value is -3.60. The van der Waals surface area contributed by atoms with Crippen molar-refractivity contribution in [2.45, 2.75) is 0 Å². The van der Waals surface area contributed by atoms with E-state index >= 15 is 0 Å². The Labute approximate surface area is 149 Å². The highest BCUT2D eigenvalue weighted by atomic mass is 19.1. The number of phenols is 1. The summed E-state index contributed by atoms with van der Waals surface area (Å²) in [4.78, 5) is 4.28. The third-order valence-corrected chi connectivity index (χ3v) is 4.07. The van der Waals surface area contributed by atoms with Gasteiger partial charge in [-0.05, 0) is 29.8 Å². The first-order valence-corrected chi connectivity index (χ1v) is 8.07. The van der Waals surface area contributed by atoms with Crippen LogP contribution in [0.1, 0.15) is 0 Å². The smallest absolute Gasteiger partial charge is 0.243 e. The summed E-state index contributed by atoms with van der Waals surface area (Å²) in [6.45, 7) is 0. The van der Waals surface area contributed by atoms with Gasteiger partial charge >= 0.3 is 0 Å². The zero-order valence-electron chi connectivity index (χ0n) is 13.7. The zero-order chi connectivity index (χ0) is 17.9. The van der Waals surface area contributed by atoms with Crippen molar-refractivity contribution in [3.05, 3.63) is 84.9 Å². The van der Waals surface area contributed by atoms with Crippen LogP contribution >= 0.6 is 0 Å². The van der Waals surface area contributed by atoms with Gasteiger partial charge in [-0.2, -0.15) is 4.39 Å². The van der Waals surface area contributed by atoms with Gasteiger partial charge in [0.25, 0.3) is 0 Å². The summed E-state index contributed by atoms with van der Waals surface area (Å²) in [5.41, 5.74) is 2.89. The number of hydrogen-bond donors (Lipinski definition) is 1. The molecule has 0 bridgehead atoms. The summed E-state index contributed by atoms with van der Waals surface area (Å²) < 4.78 is 14.7. The molecule has 2 heterocycles. The Balaban J connectivity index is 2.10. The van der Waals surface area contributed by atoms with Crippen molar-refractivity contribution < 1.29 is 9.50 Å². The van der Waals surface area contributed by atoms with Crippen molar-refractivity contribution in [2.75, 3.05) is 0 Å². The molecule has 2 aromatic carbocycles. The Morgan fingerprint density at radius 3 is 2.19 bits per heavy atom. The van der Waals surface area contributed by atoms with Crippen LogP contribution in [0.15, 0.2) is 79.0 Å². The number of phenolic OH excluding ortho intramolecular Hbond substituents is 1. The van der Waals surface area contributed by atoms with Gasteiger partial charge in [-0.25, -0.2) is 0 Å². The van der Waals surface area contributed by atoms with E-state index in [0.29, 0.717) is 22.5 Å². The molecule has 0 aliphatic heterocycles. The molecule has 4 rings (SSSR count). The third-order valence-electron chi connectivity index (χ3n) is 4.07. The average molecular weight is 343 g/mol. The van der Waals surface area contributed by atoms with Gasteiger partial charge < -0.3 is 5.11 Å². The predicted octanol–water partition coefficient (Wildman–Crippen LogP) is 4.72. The van der Waals surface area contributed by atoms with Crippen molar-refractivity contribution >= 4 is 0 Å². The second-order valence-electron chi connectivity index (χ2n) is 5.69. The van der Waals surface area contributed by atoms with Gasteiger partial charge in [0.15, 0.2) is 0 Å². The summed E-state index contributed by atoms with van der Waals surface area (Å²) in [7, 11) is 0. The maximum Gasteiger partial charge on any atom is 0.243 e. The molecule has 0 saturated carbocycles. The summed E-state index contributed by atoms with van der Waals surface area (Å²) in [6.07, 6.45) is 1.60. The lowest BCUT2D eigenvalue weighted by molar-refractivity contribution is 0.477. The number of para-hydroxylation sites is 1. The largest absolute Gasteiger partial charge is 0.507 e. The number of nitrogens with zero attached hydrogens (tertiary/aromatic N) is 3. The number of rotatable bonds is 3. The van der Waals surface area contributed by atoms with Crippen molar-refractivity contribution in [1.29, 1.82) is 0 Å². The second kappa shape index (κ2) is 6.72. The van der Waals surface area contributed by atoms with E-state index in [1.54, 1.807) is 48.7 Å². The lowest BCUT2D eigenvalue weighted by Gasteiger charge is -2.15. The van der Waals surface area contributed by atoms with Crippen LogP contribution in [0.2, 0.25) is 0 Å². The Morgan fingerprint density at radius 1 is 0.731 bits per heavy atom. The van der Waals surface area contributed by atoms with Gasteiger partial charge in [0, 0.05) is 17.3 Å². The molecule has 5 heteroatoms. The van der Waals surface area contributed by atoms with Crippen LogP contribution < -0.4 is 0 Å². The van der Waals surface area contributed by atoms with Gasteiger partial charge in [-0.3, -0.25) is 4.98 Å². The zero-order valence-corrected chi connectivity index (χ0v) is 13.7. The van der Waals surface area contributed by atoms with Crippen LogP contribution in [0.3, 0.4) is 0 Å². The molecule has 0 aliphatic carbocycles. The fourth-order valence-corrected chi connectivity index (χ4v) is 2.91. The molecule has 126 valence electrons. The molecule has 26 heavy (non-hydrogen) atoms. The van der Waals surface area contributed by atoms with Crippen LogP contribution in [-0.2, 0) is 0 Å². The molecule has 2 aromatic heterocycles. The highest BCUT2D eigenvalue weighted by Gasteiger charge is 2.22. The topological polar surface area (TPSA) is 58.9 Å². The maximum atomic E-state index is 14.7. The minimum atomic E-state index is -0.707. The first kappa shape index (κ1) is 15.9. The first-order chi connectivity index (χ1) is 12.8. The molecule has 0 unspecified atom stereocenters. The van der Waals surface area contributed by atoms with Gasteiger partial charge in [0.2, 0.25) is 5.95 Å². The van der Waals surface area contributed by atoms with Crippen LogP contribution in [0.5, 0.6) is 5.75 Å². The third kappa shape index (κ3) is 2.80. The number of aromatic nitrogens is 3. The standard InChI is InChI=1S/C21H14FN3O/c22-21-19(16-11-6-7-13-23-16)18(14-8-2-1-3-9-14)20(24-25-21)15-10-4-5-12-17(15)26/h1-13,26H. The average Bonchev–Trinajstić information content (AvgIpc) is 2.70. The molecule has 0 radical (unpaired) electrons. The van der Waals surface area contributed by atoms with Gasteiger partial charge in [0.1, 0.15) is 11.4 Å². The maximum absolute atomic E-state index is 14.7. The van der Waals surface area contributed by atoms with Crippen molar-refractivity contribution in [2.24, 2.45) is 0 Å². The number of hydrogen-bond acceptors (Lipinski definition) is 4. The summed E-state index contributed by atoms with van der Waals surface area (Å²) in [6, 6.07) is 21.4. The number of aromatic hydroxyl groups is 1. The van der Waals surface area contributed by atoms with Crippen molar-refractivity contribution in [1.82, 2.24) is 15.2 Å². The quantitative estimate of drug-likeness (QED) is 0.585. The van der Waals surface area contributed by atoms with Crippen LogP contribution in [-0.4, -0.2) is 20.3 Å². The van der Waals surface area contributed by atoms with Gasteiger partial charge in [-0.1, -0.05) is 48.5 Å². The van der Waals surface area contributed by atoms with Crippen LogP contribution in [0.25, 0.3) is 33.6 Å². The molecule has 4 aromatic rings. The van der Waals surface area contributed by atoms with Crippen molar-refractivity contribution in [3.63, 3.8) is 0 Å². The highest BCUT2D eigenvalue weighted by molar-refractivity contribution is 5.92. The van der Waals surface area contributed by atoms with E-state index in [4.69, 9.17) is 0 Å². The highest BCUT2D eigenvalue weighted by Crippen LogP contribution is 2.41. The lowest BCUT2D eigenvalue weighted by Crippen LogP contribution is -2.02. The molecule has 0 aliphatic rings. The molecule has 0 atom stereocenters. The predicted molar refractivity (Wildman–Crippen MR) is 97.8 cm³/mol. The second-order valence-corrected chi connectivity index (χ2v) is 5.69. The Kier molecular flexibility index (Phi) is 4.11. The first-order valence-electron chi connectivity index (χ1n) is 8.07. The molecule has 1 N–H and O–H groups in total. The van der Waals surface area contributed by atoms with Crippen molar-refractivity contribution in [3.8, 4) is 39.4 Å². The van der Waals surface area contributed by atoms with E-state index in [2.05, 4.69) is 15.2 Å². The molecular weight excluding hydrogens is 329 g/mol. The van der Waals surface area contributed by atoms with E-state index in [0.717, 1.165) is 5.56 Å². The van der Waals surface area contributed by atoms with Crippen LogP contribution in [0.4, 0.5) is 4.39 Å². The molecular formula is C21H14FN3O. The van der Waals surface area contributed by atoms with Crippen LogP contribution in [0, 0.1) is 5.95 Å². The number of pyridine rings is 1. The number of halogens is 1. The molecule has 0 amide bonds. The summed E-state index contributed by atoms with van der Waals surface area (Å²) in [5.74, 6) is -0.653. The minimum absolute atomic E-state index is 0.0533. The van der Waals surface area contributed by atoms with E-state index in [-0.39, 0.29) is 11.3 Å². The molecule has 4 nitrogen and oxygen atoms in total. The lowest BCUT2D eigenvalue weighted by atomic mass is 9.93. The monoisotopic (exact) mass is 343 g/mol.